The Bertz CT molecular complexity index is 1620. The van der Waals surface area contributed by atoms with Gasteiger partial charge in [-0.3, -0.25) is 9.79 Å². The van der Waals surface area contributed by atoms with Crippen molar-refractivity contribution < 1.29 is 13.9 Å². The number of hydrogen-bond donors (Lipinski definition) is 3. The summed E-state index contributed by atoms with van der Waals surface area (Å²) >= 11 is 0. The van der Waals surface area contributed by atoms with Gasteiger partial charge in [0, 0.05) is 36.4 Å². The minimum absolute atomic E-state index is 0.0446. The van der Waals surface area contributed by atoms with Crippen molar-refractivity contribution in [1.82, 2.24) is 24.5 Å². The molecule has 3 heterocycles. The second-order valence-electron chi connectivity index (χ2n) is 8.44. The number of aliphatic hydroxyl groups excluding tert-OH is 1. The Labute approximate surface area is 204 Å². The maximum atomic E-state index is 14.1. The molecule has 0 aliphatic heterocycles. The maximum absolute atomic E-state index is 14.1. The topological polar surface area (TPSA) is 112 Å². The van der Waals surface area contributed by atoms with E-state index in [-0.39, 0.29) is 24.2 Å². The van der Waals surface area contributed by atoms with Gasteiger partial charge in [-0.1, -0.05) is 0 Å². The van der Waals surface area contributed by atoms with Crippen LogP contribution >= 0.6 is 0 Å². The van der Waals surface area contributed by atoms with Gasteiger partial charge in [-0.2, -0.15) is 0 Å². The molecule has 0 saturated carbocycles. The molecule has 3 N–H and O–H groups in total. The average molecular weight is 488 g/mol. The second kappa shape index (κ2) is 9.67. The van der Waals surface area contributed by atoms with Crippen LogP contribution in [0.4, 0.5) is 14.5 Å². The summed E-state index contributed by atoms with van der Waals surface area (Å²) in [5.74, 6) is -1.38. The minimum atomic E-state index is -0.593. The van der Waals surface area contributed by atoms with Gasteiger partial charge < -0.3 is 19.6 Å². The third kappa shape index (κ3) is 4.58. The van der Waals surface area contributed by atoms with Crippen LogP contribution in [0.25, 0.3) is 28.1 Å². The Morgan fingerprint density at radius 3 is 2.86 bits per heavy atom. The number of aliphatic imine (C=N–C) groups is 1. The summed E-state index contributed by atoms with van der Waals surface area (Å²) in [5.41, 5.74) is 3.53. The molecule has 0 fully saturated rings. The SMILES string of the molecule is Cc1cc(-n2ccnc2)cc2[nH]c(-c3c(N=CC(CO)Cc4cc(F)ccc4F)cc[nH]c3=O)nc12. The number of nitrogens with one attached hydrogen (secondary N) is 2. The van der Waals surface area contributed by atoms with Crippen molar-refractivity contribution in [3.05, 3.63) is 94.4 Å². The van der Waals surface area contributed by atoms with Crippen LogP contribution in [0.3, 0.4) is 0 Å². The molecule has 0 aliphatic rings. The van der Waals surface area contributed by atoms with E-state index in [2.05, 4.69) is 24.9 Å². The summed E-state index contributed by atoms with van der Waals surface area (Å²) in [6.07, 6.45) is 8.16. The van der Waals surface area contributed by atoms with E-state index in [1.807, 2.05) is 29.8 Å². The molecule has 0 saturated heterocycles. The van der Waals surface area contributed by atoms with Crippen molar-refractivity contribution in [2.45, 2.75) is 13.3 Å². The number of nitrogens with zero attached hydrogens (tertiary/aromatic N) is 4. The quantitative estimate of drug-likeness (QED) is 0.298. The molecule has 0 aliphatic carbocycles. The molecule has 10 heteroatoms. The number of hydrogen-bond acceptors (Lipinski definition) is 5. The number of aromatic amines is 2. The number of pyridine rings is 1. The Morgan fingerprint density at radius 1 is 1.22 bits per heavy atom. The number of imidazole rings is 2. The second-order valence-corrected chi connectivity index (χ2v) is 8.44. The van der Waals surface area contributed by atoms with Crippen molar-refractivity contribution >= 4 is 22.9 Å². The van der Waals surface area contributed by atoms with Crippen molar-refractivity contribution in [2.24, 2.45) is 10.9 Å². The van der Waals surface area contributed by atoms with Gasteiger partial charge in [0.1, 0.15) is 23.0 Å². The smallest absolute Gasteiger partial charge is 0.261 e. The molecule has 0 amide bonds. The van der Waals surface area contributed by atoms with Gasteiger partial charge in [-0.05, 0) is 60.9 Å². The van der Waals surface area contributed by atoms with Gasteiger partial charge in [0.2, 0.25) is 0 Å². The first-order valence-electron chi connectivity index (χ1n) is 11.2. The predicted octanol–water partition coefficient (Wildman–Crippen LogP) is 4.24. The highest BCUT2D eigenvalue weighted by molar-refractivity contribution is 5.86. The van der Waals surface area contributed by atoms with Crippen molar-refractivity contribution in [2.75, 3.05) is 6.61 Å². The summed E-state index contributed by atoms with van der Waals surface area (Å²) in [6, 6.07) is 8.68. The third-order valence-electron chi connectivity index (χ3n) is 5.89. The molecule has 5 rings (SSSR count). The highest BCUT2D eigenvalue weighted by Crippen LogP contribution is 2.29. The fourth-order valence-corrected chi connectivity index (χ4v) is 4.09. The standard InChI is InChI=1S/C26H22F2N6O2/c1-15-8-19(34-7-6-29-14-34)11-22-24(15)33-25(32-22)23-21(4-5-30-26(23)36)31-12-16(13-35)9-17-10-18(27)2-3-20(17)28/h2-8,10-12,14,16,35H,9,13H2,1H3,(H,30,36)(H,32,33). The molecule has 1 unspecified atom stereocenters. The van der Waals surface area contributed by atoms with Crippen LogP contribution in [-0.2, 0) is 6.42 Å². The van der Waals surface area contributed by atoms with Crippen molar-refractivity contribution in [3.63, 3.8) is 0 Å². The average Bonchev–Trinajstić information content (AvgIpc) is 3.54. The van der Waals surface area contributed by atoms with E-state index in [4.69, 9.17) is 0 Å². The van der Waals surface area contributed by atoms with Gasteiger partial charge in [-0.15, -0.1) is 0 Å². The van der Waals surface area contributed by atoms with Gasteiger partial charge >= 0.3 is 0 Å². The van der Waals surface area contributed by atoms with E-state index < -0.39 is 23.1 Å². The molecule has 5 aromatic rings. The monoisotopic (exact) mass is 488 g/mol. The van der Waals surface area contributed by atoms with E-state index in [0.29, 0.717) is 17.0 Å². The molecular weight excluding hydrogens is 466 g/mol. The molecule has 36 heavy (non-hydrogen) atoms. The van der Waals surface area contributed by atoms with E-state index in [0.717, 1.165) is 35.0 Å². The van der Waals surface area contributed by atoms with Crippen LogP contribution < -0.4 is 5.56 Å². The molecular formula is C26H22F2N6O2. The molecule has 3 aromatic heterocycles. The number of rotatable bonds is 7. The largest absolute Gasteiger partial charge is 0.396 e. The van der Waals surface area contributed by atoms with Crippen LogP contribution in [0.2, 0.25) is 0 Å². The van der Waals surface area contributed by atoms with E-state index in [1.165, 1.54) is 12.4 Å². The van der Waals surface area contributed by atoms with Gasteiger partial charge in [-0.25, -0.2) is 18.7 Å². The van der Waals surface area contributed by atoms with Crippen LogP contribution in [0.15, 0.2) is 71.1 Å². The van der Waals surface area contributed by atoms with Crippen molar-refractivity contribution in [1.29, 1.82) is 0 Å². The van der Waals surface area contributed by atoms with E-state index in [1.54, 1.807) is 18.6 Å². The normalized spacial score (nSPS) is 12.6. The molecule has 182 valence electrons. The first-order valence-corrected chi connectivity index (χ1v) is 11.2. The van der Waals surface area contributed by atoms with E-state index in [9.17, 15) is 18.7 Å². The zero-order valence-corrected chi connectivity index (χ0v) is 19.2. The van der Waals surface area contributed by atoms with Gasteiger partial charge in [0.05, 0.1) is 29.7 Å². The number of fused-ring (bicyclic) bond motifs is 1. The Hall–Kier alpha value is -4.44. The first-order chi connectivity index (χ1) is 17.4. The summed E-state index contributed by atoms with van der Waals surface area (Å²) in [5, 5.41) is 9.80. The van der Waals surface area contributed by atoms with Crippen LogP contribution in [0.5, 0.6) is 0 Å². The molecule has 1 atom stereocenters. The zero-order valence-electron chi connectivity index (χ0n) is 19.2. The number of benzene rings is 2. The Kier molecular flexibility index (Phi) is 6.26. The summed E-state index contributed by atoms with van der Waals surface area (Å²) in [7, 11) is 0. The first kappa shape index (κ1) is 23.3. The summed E-state index contributed by atoms with van der Waals surface area (Å²) < 4.78 is 29.5. The molecule has 0 bridgehead atoms. The lowest BCUT2D eigenvalue weighted by Crippen LogP contribution is -2.13. The summed E-state index contributed by atoms with van der Waals surface area (Å²) in [6.45, 7) is 1.60. The number of aryl methyl sites for hydroxylation is 1. The number of aliphatic hydroxyl groups is 1. The van der Waals surface area contributed by atoms with Gasteiger partial charge in [0.25, 0.3) is 5.56 Å². The van der Waals surface area contributed by atoms with Crippen LogP contribution in [-0.4, -0.2) is 42.4 Å². The fraction of sp³-hybridized carbons (Fsp3) is 0.154. The molecule has 2 aromatic carbocycles. The van der Waals surface area contributed by atoms with Gasteiger partial charge in [0.15, 0.2) is 0 Å². The highest BCUT2D eigenvalue weighted by Gasteiger charge is 2.17. The lowest BCUT2D eigenvalue weighted by Gasteiger charge is -2.10. The highest BCUT2D eigenvalue weighted by atomic mass is 19.1. The van der Waals surface area contributed by atoms with Crippen molar-refractivity contribution in [3.8, 4) is 17.1 Å². The number of aromatic nitrogens is 5. The molecule has 0 radical (unpaired) electrons. The third-order valence-corrected chi connectivity index (χ3v) is 5.89. The lowest BCUT2D eigenvalue weighted by molar-refractivity contribution is 0.262. The Morgan fingerprint density at radius 2 is 2.08 bits per heavy atom. The lowest BCUT2D eigenvalue weighted by atomic mass is 10.0. The minimum Gasteiger partial charge on any atom is -0.396 e. The summed E-state index contributed by atoms with van der Waals surface area (Å²) in [4.78, 5) is 31.8. The maximum Gasteiger partial charge on any atom is 0.261 e. The predicted molar refractivity (Wildman–Crippen MR) is 133 cm³/mol. The Balaban J connectivity index is 1.51. The fourth-order valence-electron chi connectivity index (χ4n) is 4.09. The molecule has 8 nitrogen and oxygen atoms in total. The van der Waals surface area contributed by atoms with E-state index >= 15 is 0 Å². The van der Waals surface area contributed by atoms with Crippen LogP contribution in [0.1, 0.15) is 11.1 Å². The zero-order chi connectivity index (χ0) is 25.2. The number of H-pyrrole nitrogens is 2. The number of halogens is 2. The molecule has 0 spiro atoms. The van der Waals surface area contributed by atoms with Crippen LogP contribution in [0, 0.1) is 24.5 Å².